The summed E-state index contributed by atoms with van der Waals surface area (Å²) in [6.07, 6.45) is 0. The molecule has 0 N–H and O–H groups in total. The van der Waals surface area contributed by atoms with Crippen LogP contribution in [0.2, 0.25) is 6.82 Å². The Hall–Kier alpha value is -2.89. The second kappa shape index (κ2) is 12.6. The van der Waals surface area contributed by atoms with Crippen LogP contribution >= 0.6 is 0 Å². The molecule has 3 aromatic rings. The predicted octanol–water partition coefficient (Wildman–Crippen LogP) is 5.23. The largest absolute Gasteiger partial charge is 0.339 e. The number of hydrogen-bond donors (Lipinski definition) is 0. The van der Waals surface area contributed by atoms with E-state index in [1.807, 2.05) is 30.9 Å². The zero-order chi connectivity index (χ0) is 26.4. The molecule has 3 atom stereocenters. The van der Waals surface area contributed by atoms with E-state index in [1.165, 1.54) is 22.2 Å². The lowest BCUT2D eigenvalue weighted by atomic mass is 9.73. The highest BCUT2D eigenvalue weighted by atomic mass is 16.2. The van der Waals surface area contributed by atoms with E-state index in [-0.39, 0.29) is 11.9 Å². The summed E-state index contributed by atoms with van der Waals surface area (Å²) in [5, 5.41) is 0. The van der Waals surface area contributed by atoms with Gasteiger partial charge in [-0.25, -0.2) is 0 Å². The van der Waals surface area contributed by atoms with Crippen LogP contribution in [0.3, 0.4) is 0 Å². The third kappa shape index (κ3) is 6.34. The summed E-state index contributed by atoms with van der Waals surface area (Å²) in [6, 6.07) is 29.0. The number of nitrogens with zero attached hydrogens (tertiary/aromatic N) is 3. The van der Waals surface area contributed by atoms with Crippen LogP contribution < -0.4 is 5.46 Å². The first-order valence-electron chi connectivity index (χ1n) is 13.8. The van der Waals surface area contributed by atoms with Crippen LogP contribution in [0, 0.1) is 0 Å². The molecule has 0 unspecified atom stereocenters. The van der Waals surface area contributed by atoms with Crippen LogP contribution in [0.4, 0.5) is 0 Å². The molecule has 1 saturated heterocycles. The summed E-state index contributed by atoms with van der Waals surface area (Å²) in [5.74, 6) is 0.105. The molecule has 4 nitrogen and oxygen atoms in total. The average Bonchev–Trinajstić information content (AvgIpc) is 2.93. The van der Waals surface area contributed by atoms with E-state index >= 15 is 0 Å². The van der Waals surface area contributed by atoms with E-state index in [9.17, 15) is 4.79 Å². The van der Waals surface area contributed by atoms with E-state index in [4.69, 9.17) is 0 Å². The number of benzene rings is 3. The normalized spacial score (nSPS) is 19.4. The molecule has 0 spiro atoms. The molecule has 0 aromatic heterocycles. The summed E-state index contributed by atoms with van der Waals surface area (Å²) in [5.41, 5.74) is 5.93. The van der Waals surface area contributed by atoms with E-state index in [0.717, 1.165) is 38.3 Å². The minimum Gasteiger partial charge on any atom is -0.339 e. The highest BCUT2D eigenvalue weighted by Crippen LogP contribution is 2.33. The maximum Gasteiger partial charge on any atom is 0.253 e. The predicted molar refractivity (Wildman–Crippen MR) is 156 cm³/mol. The van der Waals surface area contributed by atoms with E-state index in [0.29, 0.717) is 12.1 Å². The van der Waals surface area contributed by atoms with Gasteiger partial charge >= 0.3 is 0 Å². The molecule has 0 saturated carbocycles. The average molecular weight is 495 g/mol. The van der Waals surface area contributed by atoms with Gasteiger partial charge in [0.15, 0.2) is 0 Å². The van der Waals surface area contributed by atoms with Gasteiger partial charge in [0.2, 0.25) is 0 Å². The zero-order valence-corrected chi connectivity index (χ0v) is 23.1. The maximum atomic E-state index is 12.9. The smallest absolute Gasteiger partial charge is 0.253 e. The van der Waals surface area contributed by atoms with Gasteiger partial charge in [-0.1, -0.05) is 79.0 Å². The molecule has 4 rings (SSSR count). The van der Waals surface area contributed by atoms with Crippen molar-refractivity contribution in [3.63, 3.8) is 0 Å². The van der Waals surface area contributed by atoms with Gasteiger partial charge < -0.3 is 4.90 Å². The monoisotopic (exact) mass is 494 g/mol. The van der Waals surface area contributed by atoms with Gasteiger partial charge in [0.1, 0.15) is 7.28 Å². The zero-order valence-electron chi connectivity index (χ0n) is 23.1. The highest BCUT2D eigenvalue weighted by molar-refractivity contribution is 6.51. The van der Waals surface area contributed by atoms with Crippen molar-refractivity contribution in [2.24, 2.45) is 0 Å². The van der Waals surface area contributed by atoms with E-state index < -0.39 is 0 Å². The molecule has 1 aliphatic rings. The second-order valence-corrected chi connectivity index (χ2v) is 10.3. The summed E-state index contributed by atoms with van der Waals surface area (Å²) in [4.78, 5) is 20.0. The first kappa shape index (κ1) is 27.2. The quantitative estimate of drug-likeness (QED) is 0.381. The Balaban J connectivity index is 1.56. The van der Waals surface area contributed by atoms with Crippen LogP contribution in [0.1, 0.15) is 60.8 Å². The van der Waals surface area contributed by atoms with Crippen molar-refractivity contribution in [2.75, 3.05) is 26.2 Å². The van der Waals surface area contributed by atoms with Gasteiger partial charge in [-0.15, -0.1) is 0 Å². The van der Waals surface area contributed by atoms with Crippen molar-refractivity contribution in [1.82, 2.24) is 14.7 Å². The van der Waals surface area contributed by atoms with Crippen molar-refractivity contribution in [3.8, 4) is 0 Å². The molecule has 3 aromatic carbocycles. The molecule has 1 amide bonds. The van der Waals surface area contributed by atoms with Crippen LogP contribution in [0.5, 0.6) is 0 Å². The Morgan fingerprint density at radius 1 is 0.865 bits per heavy atom. The Kier molecular flexibility index (Phi) is 9.23. The van der Waals surface area contributed by atoms with E-state index in [2.05, 4.69) is 104 Å². The van der Waals surface area contributed by atoms with Crippen LogP contribution in [-0.2, 0) is 6.54 Å². The third-order valence-corrected chi connectivity index (χ3v) is 7.83. The molecule has 1 radical (unpaired) electrons. The maximum absolute atomic E-state index is 12.9. The lowest BCUT2D eigenvalue weighted by molar-refractivity contribution is 0.0195. The molecule has 5 heteroatoms. The van der Waals surface area contributed by atoms with Gasteiger partial charge in [-0.3, -0.25) is 14.6 Å². The Morgan fingerprint density at radius 3 is 2.08 bits per heavy atom. The number of carbonyl (C=O) groups is 1. The summed E-state index contributed by atoms with van der Waals surface area (Å²) in [6.45, 7) is 15.3. The lowest BCUT2D eigenvalue weighted by Gasteiger charge is -2.47. The van der Waals surface area contributed by atoms with Crippen molar-refractivity contribution in [3.05, 3.63) is 101 Å². The fraction of sp³-hybridized carbons (Fsp3) is 0.406. The van der Waals surface area contributed by atoms with E-state index in [1.54, 1.807) is 0 Å². The fourth-order valence-corrected chi connectivity index (χ4v) is 5.57. The third-order valence-electron chi connectivity index (χ3n) is 7.83. The number of hydrogen-bond acceptors (Lipinski definition) is 3. The summed E-state index contributed by atoms with van der Waals surface area (Å²) >= 11 is 0. The minimum absolute atomic E-state index is 0.105. The van der Waals surface area contributed by atoms with Gasteiger partial charge in [0.25, 0.3) is 5.91 Å². The van der Waals surface area contributed by atoms with Gasteiger partial charge in [-0.05, 0) is 56.5 Å². The van der Waals surface area contributed by atoms with Gasteiger partial charge in [-0.2, -0.15) is 0 Å². The topological polar surface area (TPSA) is 26.8 Å². The minimum atomic E-state index is 0.105. The first-order valence-corrected chi connectivity index (χ1v) is 13.8. The molecule has 1 aliphatic heterocycles. The van der Waals surface area contributed by atoms with Gasteiger partial charge in [0, 0.05) is 50.4 Å². The number of amides is 1. The first-order chi connectivity index (χ1) is 17.9. The van der Waals surface area contributed by atoms with Crippen LogP contribution in [0.25, 0.3) is 0 Å². The Morgan fingerprint density at radius 2 is 1.49 bits per heavy atom. The lowest BCUT2D eigenvalue weighted by Crippen LogP contribution is -2.56. The molecule has 37 heavy (non-hydrogen) atoms. The molecule has 1 fully saturated rings. The molecule has 0 aliphatic carbocycles. The van der Waals surface area contributed by atoms with Crippen molar-refractivity contribution in [2.45, 2.75) is 59.2 Å². The molecule has 193 valence electrons. The molecular weight excluding hydrogens is 453 g/mol. The Labute approximate surface area is 224 Å². The molecule has 0 bridgehead atoms. The summed E-state index contributed by atoms with van der Waals surface area (Å²) < 4.78 is 0. The van der Waals surface area contributed by atoms with Gasteiger partial charge in [0.05, 0.1) is 6.04 Å². The highest BCUT2D eigenvalue weighted by Gasteiger charge is 2.34. The molecule has 1 heterocycles. The fourth-order valence-electron chi connectivity index (χ4n) is 5.57. The SMILES string of the molecule is C[B]c1ccc(CN2C[C@H](C)N([C@@H](c3ccccc3)c3ccc(C(=O)N(CC)CC)cc3)C[C@H]2C)cc1. The van der Waals surface area contributed by atoms with Crippen molar-refractivity contribution in [1.29, 1.82) is 0 Å². The number of carbonyl (C=O) groups excluding carboxylic acids is 1. The van der Waals surface area contributed by atoms with Crippen LogP contribution in [0.15, 0.2) is 78.9 Å². The standard InChI is InChI=1S/C32H41BN3O/c1-6-34(7-2)32(37)29-17-15-28(16-18-29)31(27-11-9-8-10-12-27)36-22-24(3)35(21-25(36)4)23-26-13-19-30(33-5)20-14-26/h8-20,24-25,31H,6-7,21-23H2,1-5H3/t24-,25+,31+/m1/s1. The van der Waals surface area contributed by atoms with Crippen LogP contribution in [-0.4, -0.2) is 66.1 Å². The second-order valence-electron chi connectivity index (χ2n) is 10.3. The Bertz CT molecular complexity index is 1130. The summed E-state index contributed by atoms with van der Waals surface area (Å²) in [7, 11) is 2.14. The number of piperazine rings is 1. The number of rotatable bonds is 9. The molecular formula is C32H41BN3O. The van der Waals surface area contributed by atoms with Crippen molar-refractivity contribution >= 4 is 18.6 Å². The van der Waals surface area contributed by atoms with Crippen molar-refractivity contribution < 1.29 is 4.79 Å².